The molecule has 1 aliphatic carbocycles. The third kappa shape index (κ3) is 5.33. The maximum Gasteiger partial charge on any atom is 0.257 e. The summed E-state index contributed by atoms with van der Waals surface area (Å²) in [6, 6.07) is 7.76. The van der Waals surface area contributed by atoms with Crippen molar-refractivity contribution in [3.63, 3.8) is 0 Å². The predicted octanol–water partition coefficient (Wildman–Crippen LogP) is 7.90. The molecule has 0 aromatic heterocycles. The molecule has 1 aliphatic rings. The van der Waals surface area contributed by atoms with Crippen LogP contribution < -0.4 is 16.4 Å². The Kier molecular flexibility index (Phi) is 7.58. The Balaban J connectivity index is 1.57. The van der Waals surface area contributed by atoms with E-state index >= 15 is 0 Å². The summed E-state index contributed by atoms with van der Waals surface area (Å²) in [6.07, 6.45) is 0. The largest absolute Gasteiger partial charge is 0.396 e. The maximum absolute atomic E-state index is 14.1. The second-order valence-corrected chi connectivity index (χ2v) is 11.3. The Morgan fingerprint density at radius 3 is 2.19 bits per heavy atom. The van der Waals surface area contributed by atoms with Gasteiger partial charge in [-0.2, -0.15) is 0 Å². The molecule has 0 radical (unpaired) electrons. The van der Waals surface area contributed by atoms with E-state index in [1.54, 1.807) is 32.0 Å². The van der Waals surface area contributed by atoms with Crippen LogP contribution in [0.3, 0.4) is 0 Å². The Morgan fingerprint density at radius 2 is 1.54 bits per heavy atom. The standard InChI is InChI=1S/C25H18Cl5F2N3O2/c1-9-3-11(5-14(26)22(9)28)19-20(25(19,29)30)24(37)34-12-4-10(2)21(27)13(6-12)23(36)35-18-8-17(33)15(31)7-16(18)32/h3-8,19-20H,33H2,1-2H3,(H,34,37)(H,35,36)/t19-,20+/m0/s1. The Bertz CT molecular complexity index is 1440. The SMILES string of the molecule is Cc1cc([C@H]2[C@H](C(=O)Nc3cc(C)c(Cl)c(C(=O)Nc4cc(N)c(F)cc4F)c3)C2(Cl)Cl)cc(Cl)c1Cl. The summed E-state index contributed by atoms with van der Waals surface area (Å²) in [5.41, 5.74) is 6.79. The minimum atomic E-state index is -1.39. The molecule has 3 aromatic rings. The molecule has 4 rings (SSSR count). The molecule has 0 bridgehead atoms. The number of halogens is 7. The van der Waals surface area contributed by atoms with Crippen LogP contribution in [0.1, 0.15) is 33.0 Å². The van der Waals surface area contributed by atoms with E-state index in [2.05, 4.69) is 10.6 Å². The van der Waals surface area contributed by atoms with Crippen LogP contribution in [0.25, 0.3) is 0 Å². The number of amides is 2. The Morgan fingerprint density at radius 1 is 0.892 bits per heavy atom. The van der Waals surface area contributed by atoms with Crippen LogP contribution in [-0.4, -0.2) is 16.1 Å². The van der Waals surface area contributed by atoms with E-state index in [0.717, 1.165) is 6.07 Å². The van der Waals surface area contributed by atoms with Crippen molar-refractivity contribution >= 4 is 86.9 Å². The van der Waals surface area contributed by atoms with Crippen LogP contribution >= 0.6 is 58.0 Å². The molecule has 2 amide bonds. The highest BCUT2D eigenvalue weighted by molar-refractivity contribution is 6.53. The normalized spacial score (nSPS) is 17.9. The molecule has 0 aliphatic heterocycles. The minimum absolute atomic E-state index is 0.0604. The van der Waals surface area contributed by atoms with Crippen molar-refractivity contribution in [1.29, 1.82) is 0 Å². The highest BCUT2D eigenvalue weighted by Crippen LogP contribution is 2.65. The summed E-state index contributed by atoms with van der Waals surface area (Å²) in [6.45, 7) is 3.39. The van der Waals surface area contributed by atoms with Gasteiger partial charge in [0.15, 0.2) is 0 Å². The van der Waals surface area contributed by atoms with Crippen molar-refractivity contribution in [2.45, 2.75) is 24.1 Å². The first kappa shape index (κ1) is 27.7. The number of nitrogens with one attached hydrogen (secondary N) is 2. The fourth-order valence-corrected chi connectivity index (χ4v) is 5.49. The van der Waals surface area contributed by atoms with Crippen molar-refractivity contribution in [1.82, 2.24) is 0 Å². The van der Waals surface area contributed by atoms with E-state index in [4.69, 9.17) is 63.7 Å². The van der Waals surface area contributed by atoms with E-state index in [9.17, 15) is 18.4 Å². The van der Waals surface area contributed by atoms with Crippen molar-refractivity contribution in [3.8, 4) is 0 Å². The molecule has 194 valence electrons. The van der Waals surface area contributed by atoms with Gasteiger partial charge in [-0.3, -0.25) is 9.59 Å². The zero-order valence-corrected chi connectivity index (χ0v) is 22.9. The van der Waals surface area contributed by atoms with Gasteiger partial charge in [0.05, 0.1) is 37.9 Å². The molecule has 0 spiro atoms. The molecule has 0 saturated heterocycles. The summed E-state index contributed by atoms with van der Waals surface area (Å²) >= 11 is 31.5. The second kappa shape index (κ2) is 10.1. The summed E-state index contributed by atoms with van der Waals surface area (Å²) < 4.78 is 26.2. The van der Waals surface area contributed by atoms with Crippen LogP contribution in [0.15, 0.2) is 36.4 Å². The fourth-order valence-electron chi connectivity index (χ4n) is 4.08. The summed E-state index contributed by atoms with van der Waals surface area (Å²) in [5, 5.41) is 5.80. The monoisotopic (exact) mass is 605 g/mol. The molecule has 4 N–H and O–H groups in total. The second-order valence-electron chi connectivity index (χ2n) is 8.72. The van der Waals surface area contributed by atoms with Crippen molar-refractivity contribution < 1.29 is 18.4 Å². The van der Waals surface area contributed by atoms with Gasteiger partial charge in [-0.15, -0.1) is 23.2 Å². The highest BCUT2D eigenvalue weighted by Gasteiger charge is 2.67. The first-order valence-corrected chi connectivity index (χ1v) is 12.6. The van der Waals surface area contributed by atoms with Crippen LogP contribution in [0.4, 0.5) is 25.8 Å². The lowest BCUT2D eigenvalue weighted by atomic mass is 10.1. The van der Waals surface area contributed by atoms with Crippen LogP contribution in [0.5, 0.6) is 0 Å². The summed E-state index contributed by atoms with van der Waals surface area (Å²) in [5.74, 6) is -4.64. The van der Waals surface area contributed by atoms with Gasteiger partial charge >= 0.3 is 0 Å². The molecular weight excluding hydrogens is 590 g/mol. The summed E-state index contributed by atoms with van der Waals surface area (Å²) in [7, 11) is 0. The average Bonchev–Trinajstić information content (AvgIpc) is 3.39. The quantitative estimate of drug-likeness (QED) is 0.204. The number of aryl methyl sites for hydroxylation is 2. The van der Waals surface area contributed by atoms with E-state index in [-0.39, 0.29) is 27.6 Å². The molecule has 5 nitrogen and oxygen atoms in total. The third-order valence-electron chi connectivity index (χ3n) is 6.03. The van der Waals surface area contributed by atoms with E-state index in [1.165, 1.54) is 6.07 Å². The lowest BCUT2D eigenvalue weighted by Crippen LogP contribution is -2.19. The Labute approximate surface area is 236 Å². The first-order chi connectivity index (χ1) is 17.2. The molecule has 1 saturated carbocycles. The number of benzene rings is 3. The van der Waals surface area contributed by atoms with Gasteiger partial charge in [0.1, 0.15) is 16.0 Å². The van der Waals surface area contributed by atoms with Crippen LogP contribution in [-0.2, 0) is 4.79 Å². The molecule has 2 atom stereocenters. The number of nitrogens with two attached hydrogens (primary N) is 1. The number of alkyl halides is 2. The van der Waals surface area contributed by atoms with Gasteiger partial charge < -0.3 is 16.4 Å². The van der Waals surface area contributed by atoms with Gasteiger partial charge in [-0.05, 0) is 54.8 Å². The van der Waals surface area contributed by atoms with Crippen molar-refractivity contribution in [3.05, 3.63) is 85.4 Å². The van der Waals surface area contributed by atoms with E-state index in [0.29, 0.717) is 32.8 Å². The molecule has 0 heterocycles. The van der Waals surface area contributed by atoms with Gasteiger partial charge in [-0.1, -0.05) is 40.9 Å². The zero-order chi connectivity index (χ0) is 27.4. The number of carbonyl (C=O) groups excluding carboxylic acids is 2. The van der Waals surface area contributed by atoms with Crippen molar-refractivity contribution in [2.75, 3.05) is 16.4 Å². The number of anilines is 3. The van der Waals surface area contributed by atoms with Gasteiger partial charge in [0, 0.05) is 17.7 Å². The number of rotatable bonds is 5. The predicted molar refractivity (Wildman–Crippen MR) is 145 cm³/mol. The van der Waals surface area contributed by atoms with Gasteiger partial charge in [0.2, 0.25) is 5.91 Å². The van der Waals surface area contributed by atoms with E-state index in [1.807, 2.05) is 0 Å². The third-order valence-corrected chi connectivity index (χ3v) is 8.37. The molecule has 12 heteroatoms. The number of nitrogen functional groups attached to an aromatic ring is 1. The number of hydrogen-bond donors (Lipinski definition) is 3. The maximum atomic E-state index is 14.1. The smallest absolute Gasteiger partial charge is 0.257 e. The van der Waals surface area contributed by atoms with Gasteiger partial charge in [0.25, 0.3) is 5.91 Å². The minimum Gasteiger partial charge on any atom is -0.396 e. The average molecular weight is 608 g/mol. The topological polar surface area (TPSA) is 84.2 Å². The first-order valence-electron chi connectivity index (χ1n) is 10.7. The molecular formula is C25H18Cl5F2N3O2. The fraction of sp³-hybridized carbons (Fsp3) is 0.200. The number of hydrogen-bond acceptors (Lipinski definition) is 3. The number of carbonyl (C=O) groups is 2. The lowest BCUT2D eigenvalue weighted by Gasteiger charge is -2.13. The van der Waals surface area contributed by atoms with E-state index < -0.39 is 39.6 Å². The molecule has 0 unspecified atom stereocenters. The van der Waals surface area contributed by atoms with Crippen LogP contribution in [0, 0.1) is 31.4 Å². The van der Waals surface area contributed by atoms with Gasteiger partial charge in [-0.25, -0.2) is 8.78 Å². The summed E-state index contributed by atoms with van der Waals surface area (Å²) in [4.78, 5) is 26.0. The lowest BCUT2D eigenvalue weighted by molar-refractivity contribution is -0.117. The van der Waals surface area contributed by atoms with Crippen LogP contribution in [0.2, 0.25) is 15.1 Å². The Hall–Kier alpha value is -2.29. The highest BCUT2D eigenvalue weighted by atomic mass is 35.5. The molecule has 1 fully saturated rings. The molecule has 3 aromatic carbocycles. The zero-order valence-electron chi connectivity index (χ0n) is 19.2. The molecule has 37 heavy (non-hydrogen) atoms. The van der Waals surface area contributed by atoms with Crippen molar-refractivity contribution in [2.24, 2.45) is 5.92 Å².